The number of ether oxygens (including phenoxy) is 1. The number of allylic oxidation sites excluding steroid dienone is 2. The molecule has 4 nitrogen and oxygen atoms in total. The van der Waals surface area contributed by atoms with E-state index in [0.29, 0.717) is 5.47 Å². The van der Waals surface area contributed by atoms with Gasteiger partial charge in [0.25, 0.3) is 0 Å². The number of carbonyl (C=O) groups excluding carboxylic acids is 1. The second-order valence-electron chi connectivity index (χ2n) is 6.85. The Morgan fingerprint density at radius 2 is 1.91 bits per heavy atom. The molecule has 22 heavy (non-hydrogen) atoms. The van der Waals surface area contributed by atoms with Crippen LogP contribution in [0, 0.1) is 5.92 Å². The first-order chi connectivity index (χ1) is 10.0. The summed E-state index contributed by atoms with van der Waals surface area (Å²) in [6.45, 7) is 9.09. The maximum atomic E-state index is 14.1. The average molecular weight is 316 g/mol. The molecule has 2 aliphatic rings. The van der Waals surface area contributed by atoms with Gasteiger partial charge in [-0.05, 0) is 52.9 Å². The lowest BCUT2D eigenvalue weighted by molar-refractivity contribution is -0.179. The molecule has 0 N–H and O–H groups in total. The summed E-state index contributed by atoms with van der Waals surface area (Å²) in [5.74, 6) is -6.04. The molecule has 1 aliphatic carbocycles. The Kier molecular flexibility index (Phi) is 4.43. The first-order valence-electron chi connectivity index (χ1n) is 7.61. The standard InChI is InChI=1S/C15H23BF2O4/c1-6-20-12(19)15(17,18)10-7-8-11(9-10)16-21-13(2,3)14(4,5)22-16/h8,10H,6-7,9H2,1-5H3. The topological polar surface area (TPSA) is 44.8 Å². The number of carbonyl (C=O) groups is 1. The molecule has 0 amide bonds. The SMILES string of the molecule is CCOC(=O)C(F)(F)C1CC=C(B2OC(C)(C)C(C)(C)O2)C1. The van der Waals surface area contributed by atoms with E-state index in [4.69, 9.17) is 9.31 Å². The summed E-state index contributed by atoms with van der Waals surface area (Å²) in [5, 5.41) is 0. The fourth-order valence-corrected chi connectivity index (χ4v) is 2.60. The van der Waals surface area contributed by atoms with Gasteiger partial charge in [-0.1, -0.05) is 6.08 Å². The molecule has 124 valence electrons. The summed E-state index contributed by atoms with van der Waals surface area (Å²) in [4.78, 5) is 11.4. The summed E-state index contributed by atoms with van der Waals surface area (Å²) in [5.41, 5.74) is -0.354. The normalized spacial score (nSPS) is 27.0. The number of hydrogen-bond acceptors (Lipinski definition) is 4. The summed E-state index contributed by atoms with van der Waals surface area (Å²) in [6.07, 6.45) is 1.88. The number of halogens is 2. The number of alkyl halides is 2. The Morgan fingerprint density at radius 1 is 1.36 bits per heavy atom. The third kappa shape index (κ3) is 2.93. The lowest BCUT2D eigenvalue weighted by atomic mass is 9.76. The maximum Gasteiger partial charge on any atom is 0.490 e. The highest BCUT2D eigenvalue weighted by Gasteiger charge is 2.56. The van der Waals surface area contributed by atoms with Crippen LogP contribution in [0.25, 0.3) is 0 Å². The van der Waals surface area contributed by atoms with Crippen LogP contribution in [0.1, 0.15) is 47.5 Å². The minimum absolute atomic E-state index is 0.0569. The van der Waals surface area contributed by atoms with E-state index < -0.39 is 36.1 Å². The Morgan fingerprint density at radius 3 is 2.41 bits per heavy atom. The zero-order chi connectivity index (χ0) is 16.8. The van der Waals surface area contributed by atoms with Gasteiger partial charge in [-0.25, -0.2) is 4.79 Å². The summed E-state index contributed by atoms with van der Waals surface area (Å²) in [6, 6.07) is 0. The van der Waals surface area contributed by atoms with Gasteiger partial charge in [-0.2, -0.15) is 8.78 Å². The van der Waals surface area contributed by atoms with Crippen molar-refractivity contribution in [3.8, 4) is 0 Å². The Hall–Kier alpha value is -0.945. The number of rotatable bonds is 4. The summed E-state index contributed by atoms with van der Waals surface area (Å²) < 4.78 is 44.4. The molecule has 1 fully saturated rings. The van der Waals surface area contributed by atoms with Crippen LogP contribution in [0.2, 0.25) is 0 Å². The average Bonchev–Trinajstić information content (AvgIpc) is 2.94. The number of hydrogen-bond donors (Lipinski definition) is 0. The summed E-state index contributed by atoms with van der Waals surface area (Å²) >= 11 is 0. The van der Waals surface area contributed by atoms with E-state index in [2.05, 4.69) is 4.74 Å². The third-order valence-corrected chi connectivity index (χ3v) is 4.76. The van der Waals surface area contributed by atoms with Crippen molar-refractivity contribution in [3.63, 3.8) is 0 Å². The number of esters is 1. The molecule has 1 atom stereocenters. The van der Waals surface area contributed by atoms with Crippen molar-refractivity contribution in [2.75, 3.05) is 6.61 Å². The molecule has 0 bridgehead atoms. The highest BCUT2D eigenvalue weighted by Crippen LogP contribution is 2.44. The highest BCUT2D eigenvalue weighted by atomic mass is 19.3. The van der Waals surface area contributed by atoms with Crippen molar-refractivity contribution in [2.24, 2.45) is 5.92 Å². The van der Waals surface area contributed by atoms with Crippen molar-refractivity contribution in [1.29, 1.82) is 0 Å². The van der Waals surface area contributed by atoms with Crippen molar-refractivity contribution in [1.82, 2.24) is 0 Å². The van der Waals surface area contributed by atoms with Crippen LogP contribution in [0.15, 0.2) is 11.5 Å². The predicted octanol–water partition coefficient (Wildman–Crippen LogP) is 3.15. The van der Waals surface area contributed by atoms with E-state index in [1.165, 1.54) is 6.92 Å². The maximum absolute atomic E-state index is 14.1. The van der Waals surface area contributed by atoms with E-state index in [1.54, 1.807) is 6.08 Å². The molecule has 0 saturated carbocycles. The van der Waals surface area contributed by atoms with Gasteiger partial charge >= 0.3 is 19.0 Å². The molecule has 1 aliphatic heterocycles. The van der Waals surface area contributed by atoms with E-state index >= 15 is 0 Å². The monoisotopic (exact) mass is 316 g/mol. The van der Waals surface area contributed by atoms with Crippen molar-refractivity contribution in [3.05, 3.63) is 11.5 Å². The zero-order valence-electron chi connectivity index (χ0n) is 13.7. The largest absolute Gasteiger partial charge is 0.490 e. The van der Waals surface area contributed by atoms with Crippen LogP contribution in [0.3, 0.4) is 0 Å². The fraction of sp³-hybridized carbons (Fsp3) is 0.800. The van der Waals surface area contributed by atoms with Gasteiger partial charge in [-0.15, -0.1) is 0 Å². The lowest BCUT2D eigenvalue weighted by Gasteiger charge is -2.32. The molecule has 0 aromatic heterocycles. The fourth-order valence-electron chi connectivity index (χ4n) is 2.60. The molecule has 1 heterocycles. The Bertz CT molecular complexity index is 472. The van der Waals surface area contributed by atoms with Gasteiger partial charge in [0.2, 0.25) is 0 Å². The molecule has 7 heteroatoms. The van der Waals surface area contributed by atoms with E-state index in [1.807, 2.05) is 27.7 Å². The Balaban J connectivity index is 2.03. The molecule has 0 aromatic rings. The molecule has 1 unspecified atom stereocenters. The molecule has 2 rings (SSSR count). The van der Waals surface area contributed by atoms with Crippen LogP contribution < -0.4 is 0 Å². The second kappa shape index (κ2) is 5.60. The van der Waals surface area contributed by atoms with E-state index in [-0.39, 0.29) is 19.4 Å². The van der Waals surface area contributed by atoms with Gasteiger partial charge in [-0.3, -0.25) is 0 Å². The molecular weight excluding hydrogens is 293 g/mol. The van der Waals surface area contributed by atoms with E-state index in [9.17, 15) is 13.6 Å². The van der Waals surface area contributed by atoms with Gasteiger partial charge in [0.1, 0.15) is 0 Å². The molecule has 0 spiro atoms. The van der Waals surface area contributed by atoms with Gasteiger partial charge < -0.3 is 14.0 Å². The quantitative estimate of drug-likeness (QED) is 0.590. The first-order valence-corrected chi connectivity index (χ1v) is 7.61. The summed E-state index contributed by atoms with van der Waals surface area (Å²) in [7, 11) is -0.631. The highest BCUT2D eigenvalue weighted by molar-refractivity contribution is 6.54. The molecule has 1 saturated heterocycles. The third-order valence-electron chi connectivity index (χ3n) is 4.76. The van der Waals surface area contributed by atoms with E-state index in [0.717, 1.165) is 0 Å². The van der Waals surface area contributed by atoms with Crippen molar-refractivity contribution >= 4 is 13.1 Å². The van der Waals surface area contributed by atoms with Gasteiger partial charge in [0.15, 0.2) is 0 Å². The Labute approximate surface area is 130 Å². The zero-order valence-corrected chi connectivity index (χ0v) is 13.7. The van der Waals surface area contributed by atoms with Gasteiger partial charge in [0.05, 0.1) is 17.8 Å². The van der Waals surface area contributed by atoms with Crippen LogP contribution >= 0.6 is 0 Å². The predicted molar refractivity (Wildman–Crippen MR) is 78.5 cm³/mol. The van der Waals surface area contributed by atoms with Crippen molar-refractivity contribution < 1.29 is 27.6 Å². The van der Waals surface area contributed by atoms with Crippen LogP contribution in [-0.4, -0.2) is 36.8 Å². The minimum atomic E-state index is -3.49. The molecular formula is C15H23BF2O4. The lowest BCUT2D eigenvalue weighted by Crippen LogP contribution is -2.41. The van der Waals surface area contributed by atoms with Gasteiger partial charge in [0, 0.05) is 5.92 Å². The minimum Gasteiger partial charge on any atom is -0.462 e. The molecule has 0 radical (unpaired) electrons. The second-order valence-corrected chi connectivity index (χ2v) is 6.85. The first kappa shape index (κ1) is 17.4. The smallest absolute Gasteiger partial charge is 0.462 e. The van der Waals surface area contributed by atoms with Crippen molar-refractivity contribution in [2.45, 2.75) is 64.6 Å². The van der Waals surface area contributed by atoms with Crippen LogP contribution in [0.5, 0.6) is 0 Å². The molecule has 0 aromatic carbocycles. The van der Waals surface area contributed by atoms with Crippen LogP contribution in [-0.2, 0) is 18.8 Å². The van der Waals surface area contributed by atoms with Crippen LogP contribution in [0.4, 0.5) is 8.78 Å².